The molecule has 0 aromatic carbocycles. The normalized spacial score (nSPS) is 28.6. The molecular weight excluding hydrogens is 505 g/mol. The number of likely N-dealkylation sites (tertiary alicyclic amines) is 1. The van der Waals surface area contributed by atoms with Crippen molar-refractivity contribution in [2.75, 3.05) is 11.9 Å². The zero-order chi connectivity index (χ0) is 26.5. The monoisotopic (exact) mass is 528 g/mol. The van der Waals surface area contributed by atoms with E-state index in [0.717, 1.165) is 0 Å². The second kappa shape index (κ2) is 9.38. The van der Waals surface area contributed by atoms with E-state index in [4.69, 9.17) is 4.74 Å². The average molecular weight is 528 g/mol. The molecule has 4 N–H and O–H groups in total. The summed E-state index contributed by atoms with van der Waals surface area (Å²) in [5.41, 5.74) is 0.549. The van der Waals surface area contributed by atoms with E-state index >= 15 is 0 Å². The summed E-state index contributed by atoms with van der Waals surface area (Å²) in [4.78, 5) is 25.6. The van der Waals surface area contributed by atoms with E-state index < -0.39 is 48.6 Å². The van der Waals surface area contributed by atoms with Gasteiger partial charge in [0.25, 0.3) is 0 Å². The highest BCUT2D eigenvalue weighted by molar-refractivity contribution is 5.82. The lowest BCUT2D eigenvalue weighted by Crippen LogP contribution is -2.48. The molecule has 5 rings (SSSR count). The Morgan fingerprint density at radius 1 is 1.22 bits per heavy atom. The van der Waals surface area contributed by atoms with Gasteiger partial charge in [-0.3, -0.25) is 4.57 Å². The van der Waals surface area contributed by atoms with E-state index in [1.807, 2.05) is 6.92 Å². The number of halogens is 3. The van der Waals surface area contributed by atoms with Crippen LogP contribution in [0.4, 0.5) is 23.8 Å². The van der Waals surface area contributed by atoms with Gasteiger partial charge in [-0.15, -0.1) is 10.2 Å². The standard InChI is InChI=1S/C20H23F3N8O6/c1-2-9-5-8(3-4-30(9)19(34)35)27-14-10-15(25-6-24-14)31(7-26-10)17-12(33)11(32)13(36-17)16-28-29-18(37-16)20(21,22)23/h6-9,11-13,17,32-33H,2-5H2,1H3,(H,34,35)(H,24,25,27)/t8?,9?,11-,12+,13-,17+/m0/s1. The van der Waals surface area contributed by atoms with E-state index in [1.54, 1.807) is 0 Å². The molecule has 2 fully saturated rings. The molecule has 0 saturated carbocycles. The van der Waals surface area contributed by atoms with Gasteiger partial charge in [0.2, 0.25) is 5.89 Å². The van der Waals surface area contributed by atoms with Crippen LogP contribution in [-0.2, 0) is 10.9 Å². The van der Waals surface area contributed by atoms with E-state index in [2.05, 4.69) is 34.9 Å². The number of nitrogens with zero attached hydrogens (tertiary/aromatic N) is 7. The Labute approximate surface area is 206 Å². The first kappa shape index (κ1) is 25.1. The van der Waals surface area contributed by atoms with Crippen molar-refractivity contribution in [2.24, 2.45) is 0 Å². The number of aromatic nitrogens is 6. The Hall–Kier alpha value is -3.57. The van der Waals surface area contributed by atoms with Crippen molar-refractivity contribution in [3.8, 4) is 0 Å². The molecule has 3 aromatic rings. The topological polar surface area (TPSA) is 185 Å². The van der Waals surface area contributed by atoms with Crippen molar-refractivity contribution in [3.05, 3.63) is 24.4 Å². The first-order chi connectivity index (χ1) is 17.6. The Morgan fingerprint density at radius 3 is 2.68 bits per heavy atom. The molecule has 1 amide bonds. The number of hydrogen-bond donors (Lipinski definition) is 4. The molecule has 200 valence electrons. The van der Waals surface area contributed by atoms with Crippen molar-refractivity contribution < 1.29 is 42.4 Å². The summed E-state index contributed by atoms with van der Waals surface area (Å²) in [6.45, 7) is 2.28. The summed E-state index contributed by atoms with van der Waals surface area (Å²) in [6, 6.07) is -0.231. The molecule has 0 spiro atoms. The van der Waals surface area contributed by atoms with Crippen LogP contribution in [0.3, 0.4) is 0 Å². The number of fused-ring (bicyclic) bond motifs is 1. The lowest BCUT2D eigenvalue weighted by atomic mass is 9.95. The summed E-state index contributed by atoms with van der Waals surface area (Å²) < 4.78 is 50.0. The van der Waals surface area contributed by atoms with Gasteiger partial charge in [-0.05, 0) is 19.3 Å². The molecule has 2 unspecified atom stereocenters. The zero-order valence-corrected chi connectivity index (χ0v) is 19.3. The minimum Gasteiger partial charge on any atom is -0.465 e. The molecule has 0 bridgehead atoms. The number of nitrogens with one attached hydrogen (secondary N) is 1. The number of amides is 1. The molecule has 37 heavy (non-hydrogen) atoms. The highest BCUT2D eigenvalue weighted by Crippen LogP contribution is 2.40. The smallest absolute Gasteiger partial charge is 0.465 e. The van der Waals surface area contributed by atoms with Gasteiger partial charge in [0.15, 0.2) is 29.3 Å². The third-order valence-electron chi connectivity index (χ3n) is 6.57. The maximum atomic E-state index is 12.8. The minimum absolute atomic E-state index is 0.0799. The van der Waals surface area contributed by atoms with Gasteiger partial charge in [0, 0.05) is 18.6 Å². The van der Waals surface area contributed by atoms with Gasteiger partial charge in [-0.25, -0.2) is 19.7 Å². The minimum atomic E-state index is -4.88. The highest BCUT2D eigenvalue weighted by Gasteiger charge is 2.49. The lowest BCUT2D eigenvalue weighted by molar-refractivity contribution is -0.158. The number of anilines is 1. The second-order valence-electron chi connectivity index (χ2n) is 8.82. The molecule has 2 saturated heterocycles. The quantitative estimate of drug-likeness (QED) is 0.375. The third-order valence-corrected chi connectivity index (χ3v) is 6.57. The van der Waals surface area contributed by atoms with Crippen molar-refractivity contribution in [2.45, 2.75) is 69.0 Å². The number of aliphatic hydroxyl groups excluding tert-OH is 2. The Balaban J connectivity index is 1.36. The van der Waals surface area contributed by atoms with Crippen LogP contribution in [0.1, 0.15) is 50.3 Å². The molecule has 0 radical (unpaired) electrons. The number of rotatable bonds is 5. The maximum absolute atomic E-state index is 12.8. The van der Waals surface area contributed by atoms with Crippen LogP contribution < -0.4 is 5.32 Å². The second-order valence-corrected chi connectivity index (χ2v) is 8.82. The van der Waals surface area contributed by atoms with E-state index in [1.165, 1.54) is 22.1 Å². The first-order valence-electron chi connectivity index (χ1n) is 11.4. The summed E-state index contributed by atoms with van der Waals surface area (Å²) in [5.74, 6) is -1.86. The molecule has 0 aliphatic carbocycles. The number of hydrogen-bond acceptors (Lipinski definition) is 11. The fourth-order valence-corrected chi connectivity index (χ4v) is 4.72. The first-order valence-corrected chi connectivity index (χ1v) is 11.4. The molecular formula is C20H23F3N8O6. The summed E-state index contributed by atoms with van der Waals surface area (Å²) in [7, 11) is 0. The number of aliphatic hydroxyl groups is 2. The van der Waals surface area contributed by atoms with Gasteiger partial charge in [0.1, 0.15) is 18.5 Å². The predicted molar refractivity (Wildman–Crippen MR) is 115 cm³/mol. The largest absolute Gasteiger partial charge is 0.470 e. The van der Waals surface area contributed by atoms with Gasteiger partial charge in [0.05, 0.1) is 6.33 Å². The van der Waals surface area contributed by atoms with Gasteiger partial charge >= 0.3 is 18.2 Å². The van der Waals surface area contributed by atoms with Gasteiger partial charge < -0.3 is 34.7 Å². The van der Waals surface area contributed by atoms with E-state index in [-0.39, 0.29) is 17.7 Å². The van der Waals surface area contributed by atoms with E-state index in [0.29, 0.717) is 37.1 Å². The van der Waals surface area contributed by atoms with Crippen molar-refractivity contribution >= 4 is 23.1 Å². The molecule has 14 nitrogen and oxygen atoms in total. The third kappa shape index (κ3) is 4.53. The average Bonchev–Trinajstić information content (AvgIpc) is 3.58. The molecule has 5 heterocycles. The highest BCUT2D eigenvalue weighted by atomic mass is 19.4. The predicted octanol–water partition coefficient (Wildman–Crippen LogP) is 1.55. The molecule has 6 atom stereocenters. The van der Waals surface area contributed by atoms with Crippen molar-refractivity contribution in [1.82, 2.24) is 34.6 Å². The van der Waals surface area contributed by atoms with Crippen molar-refractivity contribution in [1.29, 1.82) is 0 Å². The van der Waals surface area contributed by atoms with Crippen LogP contribution in [-0.4, -0.2) is 86.9 Å². The van der Waals surface area contributed by atoms with Gasteiger partial charge in [-0.1, -0.05) is 6.92 Å². The lowest BCUT2D eigenvalue weighted by Gasteiger charge is -2.37. The number of piperidine rings is 1. The Bertz CT molecular complexity index is 1280. The molecule has 17 heteroatoms. The summed E-state index contributed by atoms with van der Waals surface area (Å²) in [5, 5.41) is 39.9. The van der Waals surface area contributed by atoms with Gasteiger partial charge in [-0.2, -0.15) is 13.2 Å². The summed E-state index contributed by atoms with van der Waals surface area (Å²) >= 11 is 0. The Morgan fingerprint density at radius 2 is 2.00 bits per heavy atom. The van der Waals surface area contributed by atoms with E-state index in [9.17, 15) is 33.3 Å². The number of carbonyl (C=O) groups is 1. The number of imidazole rings is 1. The number of ether oxygens (including phenoxy) is 1. The number of carboxylic acid groups (broad SMARTS) is 1. The van der Waals surface area contributed by atoms with Crippen LogP contribution in [0, 0.1) is 0 Å². The molecule has 2 aliphatic rings. The molecule has 2 aliphatic heterocycles. The van der Waals surface area contributed by atoms with Crippen LogP contribution in [0.2, 0.25) is 0 Å². The van der Waals surface area contributed by atoms with Crippen LogP contribution in [0.5, 0.6) is 0 Å². The fraction of sp³-hybridized carbons (Fsp3) is 0.600. The van der Waals surface area contributed by atoms with Crippen LogP contribution >= 0.6 is 0 Å². The fourth-order valence-electron chi connectivity index (χ4n) is 4.72. The summed E-state index contributed by atoms with van der Waals surface area (Å²) in [6.07, 6.45) is -7.57. The maximum Gasteiger partial charge on any atom is 0.470 e. The molecule has 3 aromatic heterocycles. The van der Waals surface area contributed by atoms with Crippen LogP contribution in [0.15, 0.2) is 17.1 Å². The Kier molecular flexibility index (Phi) is 6.36. The number of alkyl halides is 3. The zero-order valence-electron chi connectivity index (χ0n) is 19.3. The van der Waals surface area contributed by atoms with Crippen LogP contribution in [0.25, 0.3) is 11.2 Å². The van der Waals surface area contributed by atoms with Crippen molar-refractivity contribution in [3.63, 3.8) is 0 Å². The SMILES string of the molecule is CCC1CC(Nc2ncnc3c2ncn3[C@@H]2O[C@H](c3nnc(C(F)(F)F)o3)[C@@H](O)[C@H]2O)CCN1C(=O)O.